The first kappa shape index (κ1) is 28.5. The van der Waals surface area contributed by atoms with Crippen LogP contribution in [0.1, 0.15) is 0 Å². The molecule has 51 heavy (non-hydrogen) atoms. The van der Waals surface area contributed by atoms with Crippen molar-refractivity contribution in [3.05, 3.63) is 182 Å². The Bertz CT molecular complexity index is 3130. The number of thiophene rings is 1. The van der Waals surface area contributed by atoms with Crippen LogP contribution in [0.5, 0.6) is 0 Å². The molecule has 0 atom stereocenters. The average molecular weight is 663 g/mol. The van der Waals surface area contributed by atoms with Gasteiger partial charge in [-0.3, -0.25) is 0 Å². The van der Waals surface area contributed by atoms with Crippen LogP contribution in [0.15, 0.2) is 182 Å². The highest BCUT2D eigenvalue weighted by Gasteiger charge is 2.18. The van der Waals surface area contributed by atoms with Gasteiger partial charge in [-0.1, -0.05) is 164 Å². The Morgan fingerprint density at radius 2 is 0.824 bits per heavy atom. The van der Waals surface area contributed by atoms with Crippen molar-refractivity contribution < 1.29 is 0 Å². The molecule has 0 unspecified atom stereocenters. The van der Waals surface area contributed by atoms with Crippen LogP contribution in [0, 0.1) is 0 Å². The summed E-state index contributed by atoms with van der Waals surface area (Å²) in [5.74, 6) is 0. The highest BCUT2D eigenvalue weighted by Crippen LogP contribution is 2.46. The minimum absolute atomic E-state index is 1.23. The molecular weight excluding hydrogens is 633 g/mol. The van der Waals surface area contributed by atoms with Gasteiger partial charge in [-0.05, 0) is 100 Å². The van der Waals surface area contributed by atoms with Crippen LogP contribution >= 0.6 is 11.3 Å². The van der Waals surface area contributed by atoms with Gasteiger partial charge in [-0.15, -0.1) is 11.3 Å². The number of hydrogen-bond acceptors (Lipinski definition) is 1. The molecule has 0 saturated heterocycles. The van der Waals surface area contributed by atoms with Crippen molar-refractivity contribution in [2.75, 3.05) is 0 Å². The Balaban J connectivity index is 1.13. The number of rotatable bonds is 3. The van der Waals surface area contributed by atoms with Crippen LogP contribution in [0.25, 0.3) is 107 Å². The molecule has 0 aliphatic rings. The molecule has 0 aliphatic heterocycles. The molecule has 10 aromatic carbocycles. The van der Waals surface area contributed by atoms with Crippen molar-refractivity contribution in [2.24, 2.45) is 0 Å². The lowest BCUT2D eigenvalue weighted by molar-refractivity contribution is 1.63. The van der Waals surface area contributed by atoms with Gasteiger partial charge in [-0.25, -0.2) is 0 Å². The largest absolute Gasteiger partial charge is 0.135 e. The van der Waals surface area contributed by atoms with Crippen molar-refractivity contribution in [1.82, 2.24) is 0 Å². The van der Waals surface area contributed by atoms with E-state index in [0.29, 0.717) is 0 Å². The molecule has 0 amide bonds. The lowest BCUT2D eigenvalue weighted by Gasteiger charge is -2.19. The average Bonchev–Trinajstić information content (AvgIpc) is 3.60. The second-order valence-electron chi connectivity index (χ2n) is 13.6. The maximum absolute atomic E-state index is 2.41. The molecule has 1 aromatic heterocycles. The minimum Gasteiger partial charge on any atom is -0.135 e. The second-order valence-corrected chi connectivity index (χ2v) is 14.6. The van der Waals surface area contributed by atoms with E-state index in [1.165, 1.54) is 107 Å². The SMILES string of the molecule is c1cc(-c2ccc3ccc4c(sc5ccc6ccccc6c54)c3c2)cc(-c2c3ccccc3c(-c3cccc4ccccc34)c3ccccc23)c1. The van der Waals surface area contributed by atoms with Gasteiger partial charge in [0.1, 0.15) is 0 Å². The van der Waals surface area contributed by atoms with E-state index in [2.05, 4.69) is 182 Å². The van der Waals surface area contributed by atoms with Gasteiger partial charge in [0.15, 0.2) is 0 Å². The molecule has 0 radical (unpaired) electrons. The fourth-order valence-electron chi connectivity index (χ4n) is 8.53. The summed E-state index contributed by atoms with van der Waals surface area (Å²) in [6.07, 6.45) is 0. The fourth-order valence-corrected chi connectivity index (χ4v) is 9.77. The number of fused-ring (bicyclic) bond motifs is 10. The smallest absolute Gasteiger partial charge is 0.0434 e. The highest BCUT2D eigenvalue weighted by molar-refractivity contribution is 7.26. The first-order valence-corrected chi connectivity index (χ1v) is 18.4. The summed E-state index contributed by atoms with van der Waals surface area (Å²) in [6, 6.07) is 67.4. The Morgan fingerprint density at radius 3 is 1.59 bits per heavy atom. The summed E-state index contributed by atoms with van der Waals surface area (Å²) >= 11 is 1.91. The topological polar surface area (TPSA) is 0 Å². The van der Waals surface area contributed by atoms with Gasteiger partial charge in [0.25, 0.3) is 0 Å². The monoisotopic (exact) mass is 662 g/mol. The molecule has 11 rings (SSSR count). The van der Waals surface area contributed by atoms with Crippen molar-refractivity contribution in [1.29, 1.82) is 0 Å². The zero-order chi connectivity index (χ0) is 33.5. The normalized spacial score (nSPS) is 11.9. The molecule has 236 valence electrons. The van der Waals surface area contributed by atoms with E-state index in [1.54, 1.807) is 0 Å². The molecule has 0 saturated carbocycles. The maximum Gasteiger partial charge on any atom is 0.0434 e. The molecular formula is C50H30S. The fraction of sp³-hybridized carbons (Fsp3) is 0. The summed E-state index contributed by atoms with van der Waals surface area (Å²) in [5.41, 5.74) is 7.55. The van der Waals surface area contributed by atoms with Crippen LogP contribution in [-0.2, 0) is 0 Å². The molecule has 1 heterocycles. The van der Waals surface area contributed by atoms with Crippen molar-refractivity contribution in [3.63, 3.8) is 0 Å². The van der Waals surface area contributed by atoms with E-state index in [9.17, 15) is 0 Å². The third kappa shape index (κ3) is 4.32. The first-order valence-electron chi connectivity index (χ1n) is 17.6. The van der Waals surface area contributed by atoms with Crippen molar-refractivity contribution in [3.8, 4) is 33.4 Å². The van der Waals surface area contributed by atoms with E-state index in [0.717, 1.165) is 0 Å². The predicted molar refractivity (Wildman–Crippen MR) is 223 cm³/mol. The van der Waals surface area contributed by atoms with Gasteiger partial charge in [-0.2, -0.15) is 0 Å². The minimum atomic E-state index is 1.23. The van der Waals surface area contributed by atoms with Gasteiger partial charge in [0.2, 0.25) is 0 Å². The Labute approximate surface area is 299 Å². The molecule has 0 nitrogen and oxygen atoms in total. The summed E-state index contributed by atoms with van der Waals surface area (Å²) in [5, 5.41) is 15.6. The van der Waals surface area contributed by atoms with Crippen LogP contribution in [0.3, 0.4) is 0 Å². The van der Waals surface area contributed by atoms with Gasteiger partial charge in [0, 0.05) is 25.6 Å². The lowest BCUT2D eigenvalue weighted by atomic mass is 9.84. The molecule has 0 spiro atoms. The third-order valence-electron chi connectivity index (χ3n) is 10.8. The lowest BCUT2D eigenvalue weighted by Crippen LogP contribution is -1.92. The van der Waals surface area contributed by atoms with Crippen molar-refractivity contribution >= 4 is 85.4 Å². The van der Waals surface area contributed by atoms with Crippen LogP contribution in [0.2, 0.25) is 0 Å². The molecule has 0 aliphatic carbocycles. The van der Waals surface area contributed by atoms with E-state index in [-0.39, 0.29) is 0 Å². The van der Waals surface area contributed by atoms with Crippen molar-refractivity contribution in [2.45, 2.75) is 0 Å². The van der Waals surface area contributed by atoms with E-state index >= 15 is 0 Å². The molecule has 0 bridgehead atoms. The van der Waals surface area contributed by atoms with E-state index in [1.807, 2.05) is 11.3 Å². The van der Waals surface area contributed by atoms with Crippen LogP contribution in [0.4, 0.5) is 0 Å². The van der Waals surface area contributed by atoms with E-state index in [4.69, 9.17) is 0 Å². The van der Waals surface area contributed by atoms with Crippen LogP contribution in [-0.4, -0.2) is 0 Å². The maximum atomic E-state index is 2.41. The predicted octanol–water partition coefficient (Wildman–Crippen LogP) is 14.8. The van der Waals surface area contributed by atoms with Gasteiger partial charge < -0.3 is 0 Å². The Morgan fingerprint density at radius 1 is 0.294 bits per heavy atom. The molecule has 0 fully saturated rings. The van der Waals surface area contributed by atoms with Crippen LogP contribution < -0.4 is 0 Å². The summed E-state index contributed by atoms with van der Waals surface area (Å²) in [7, 11) is 0. The Hall–Kier alpha value is -6.28. The Kier molecular flexibility index (Phi) is 6.22. The molecule has 0 N–H and O–H groups in total. The van der Waals surface area contributed by atoms with E-state index < -0.39 is 0 Å². The van der Waals surface area contributed by atoms with Gasteiger partial charge in [0.05, 0.1) is 0 Å². The third-order valence-corrected chi connectivity index (χ3v) is 12.0. The zero-order valence-electron chi connectivity index (χ0n) is 27.7. The summed E-state index contributed by atoms with van der Waals surface area (Å²) < 4.78 is 2.70. The zero-order valence-corrected chi connectivity index (χ0v) is 28.5. The summed E-state index contributed by atoms with van der Waals surface area (Å²) in [4.78, 5) is 0. The quantitative estimate of drug-likeness (QED) is 0.165. The number of benzene rings is 10. The standard InChI is InChI=1S/C50H30S/c1-3-16-37-31(11-1)13-10-22-39(37)48-42-20-7-5-18-40(42)47(41-19-6-8-21-43(41)48)36-15-9-14-34(29-36)35-24-23-33-25-27-44-49-38-17-4-2-12-32(38)26-28-46(49)51-50(44)45(33)30-35/h1-30H. The first-order chi connectivity index (χ1) is 25.3. The summed E-state index contributed by atoms with van der Waals surface area (Å²) in [6.45, 7) is 0. The molecule has 11 aromatic rings. The molecule has 1 heteroatoms. The second kappa shape index (κ2) is 11.1. The van der Waals surface area contributed by atoms with Gasteiger partial charge >= 0.3 is 0 Å². The highest BCUT2D eigenvalue weighted by atomic mass is 32.1. The number of hydrogen-bond donors (Lipinski definition) is 0.